The molecule has 0 aromatic rings. The van der Waals surface area contributed by atoms with Crippen LogP contribution in [-0.4, -0.2) is 124 Å². The van der Waals surface area contributed by atoms with E-state index in [1.165, 1.54) is 51.4 Å². The van der Waals surface area contributed by atoms with Gasteiger partial charge in [-0.15, -0.1) is 0 Å². The summed E-state index contributed by atoms with van der Waals surface area (Å²) in [6.07, 6.45) is 16.6. The van der Waals surface area contributed by atoms with Gasteiger partial charge in [0.2, 0.25) is 17.7 Å². The largest absolute Gasteiger partial charge is 0.480 e. The first-order valence-electron chi connectivity index (χ1n) is 21.8. The molecule has 0 fully saturated rings. The molecule has 0 bridgehead atoms. The fourth-order valence-electron chi connectivity index (χ4n) is 5.66. The Labute approximate surface area is 353 Å². The van der Waals surface area contributed by atoms with E-state index >= 15 is 0 Å². The predicted octanol–water partition coefficient (Wildman–Crippen LogP) is 5.56. The Hall–Kier alpha value is -3.34. The van der Waals surface area contributed by atoms with Gasteiger partial charge in [-0.3, -0.25) is 19.2 Å². The smallest absolute Gasteiger partial charge is 0.329 e. The first kappa shape index (κ1) is 55.7. The average molecular weight is 846 g/mol. The van der Waals surface area contributed by atoms with Gasteiger partial charge in [0.15, 0.2) is 0 Å². The molecular formula is C43H79N3O13. The predicted molar refractivity (Wildman–Crippen MR) is 224 cm³/mol. The molecule has 0 rings (SSSR count). The number of esters is 2. The van der Waals surface area contributed by atoms with Gasteiger partial charge in [0.25, 0.3) is 0 Å². The number of hydrogen-bond acceptors (Lipinski definition) is 12. The molecule has 16 nitrogen and oxygen atoms in total. The quantitative estimate of drug-likeness (QED) is 0.0443. The lowest BCUT2D eigenvalue weighted by molar-refractivity contribution is -0.159. The van der Waals surface area contributed by atoms with Gasteiger partial charge < -0.3 is 49.5 Å². The summed E-state index contributed by atoms with van der Waals surface area (Å²) in [6, 6.07) is -0.931. The van der Waals surface area contributed by atoms with Crippen molar-refractivity contribution in [1.82, 2.24) is 16.0 Å². The highest BCUT2D eigenvalue weighted by Gasteiger charge is 2.27. The molecule has 0 unspecified atom stereocenters. The van der Waals surface area contributed by atoms with Crippen LogP contribution in [0, 0.1) is 0 Å². The van der Waals surface area contributed by atoms with Crippen molar-refractivity contribution in [1.29, 1.82) is 0 Å². The zero-order valence-corrected chi connectivity index (χ0v) is 37.2. The van der Waals surface area contributed by atoms with E-state index in [2.05, 4.69) is 16.0 Å². The summed E-state index contributed by atoms with van der Waals surface area (Å²) in [5.74, 6) is -2.56. The maximum atomic E-state index is 12.9. The molecule has 0 aromatic heterocycles. The monoisotopic (exact) mass is 846 g/mol. The minimum absolute atomic E-state index is 0.0172. The Morgan fingerprint density at radius 1 is 0.475 bits per heavy atom. The van der Waals surface area contributed by atoms with Crippen molar-refractivity contribution in [2.24, 2.45) is 0 Å². The van der Waals surface area contributed by atoms with Crippen LogP contribution in [0.2, 0.25) is 0 Å². The standard InChI is InChI=1S/C43H79N3O13/c1-42(2,3)58-40(52)22-20-18-16-14-12-10-8-7-9-11-13-15-17-19-21-37(48)46-35(41(53)59-43(4,5)6)23-24-36(47)44-25-27-54-29-31-56-33-38(49)45-26-28-55-30-32-57-34-39(50)51/h35H,7-34H2,1-6H3,(H,44,47)(H,45,49)(H,46,48)(H,50,51)/t35-/m1/s1. The Balaban J connectivity index is 4.00. The molecule has 1 atom stereocenters. The third-order valence-corrected chi connectivity index (χ3v) is 8.48. The fraction of sp³-hybridized carbons (Fsp3) is 0.860. The number of unbranched alkanes of at least 4 members (excludes halogenated alkanes) is 13. The van der Waals surface area contributed by atoms with Gasteiger partial charge in [-0.25, -0.2) is 9.59 Å². The molecule has 16 heteroatoms. The zero-order valence-electron chi connectivity index (χ0n) is 37.2. The van der Waals surface area contributed by atoms with Gasteiger partial charge in [0.1, 0.15) is 30.5 Å². The van der Waals surface area contributed by atoms with E-state index in [9.17, 15) is 28.8 Å². The summed E-state index contributed by atoms with van der Waals surface area (Å²) < 4.78 is 31.6. The maximum absolute atomic E-state index is 12.9. The van der Waals surface area contributed by atoms with Crippen molar-refractivity contribution in [2.75, 3.05) is 65.9 Å². The van der Waals surface area contributed by atoms with E-state index in [0.29, 0.717) is 12.8 Å². The van der Waals surface area contributed by atoms with Crippen LogP contribution in [0.3, 0.4) is 0 Å². The lowest BCUT2D eigenvalue weighted by Crippen LogP contribution is -2.44. The van der Waals surface area contributed by atoms with Crippen LogP contribution >= 0.6 is 0 Å². The van der Waals surface area contributed by atoms with Crippen LogP contribution in [-0.2, 0) is 57.2 Å². The molecule has 3 amide bonds. The zero-order chi connectivity index (χ0) is 44.2. The molecule has 0 aliphatic rings. The Morgan fingerprint density at radius 3 is 1.37 bits per heavy atom. The van der Waals surface area contributed by atoms with Gasteiger partial charge >= 0.3 is 17.9 Å². The number of carboxylic acids is 1. The fourth-order valence-corrected chi connectivity index (χ4v) is 5.66. The summed E-state index contributed by atoms with van der Waals surface area (Å²) in [4.78, 5) is 72.0. The van der Waals surface area contributed by atoms with Crippen LogP contribution in [0.5, 0.6) is 0 Å². The number of rotatable bonds is 38. The van der Waals surface area contributed by atoms with Crippen LogP contribution in [0.25, 0.3) is 0 Å². The van der Waals surface area contributed by atoms with E-state index < -0.39 is 29.2 Å². The molecule has 0 radical (unpaired) electrons. The molecule has 4 N–H and O–H groups in total. The summed E-state index contributed by atoms with van der Waals surface area (Å²) in [5, 5.41) is 16.6. The lowest BCUT2D eigenvalue weighted by Gasteiger charge is -2.24. The molecule has 0 aliphatic carbocycles. The Kier molecular flexibility index (Phi) is 33.4. The molecule has 0 aliphatic heterocycles. The van der Waals surface area contributed by atoms with Gasteiger partial charge in [-0.1, -0.05) is 77.0 Å². The average Bonchev–Trinajstić information content (AvgIpc) is 3.13. The van der Waals surface area contributed by atoms with E-state index in [1.54, 1.807) is 20.8 Å². The minimum atomic E-state index is -1.05. The van der Waals surface area contributed by atoms with E-state index in [4.69, 9.17) is 33.5 Å². The second-order valence-corrected chi connectivity index (χ2v) is 16.7. The topological polar surface area (TPSA) is 214 Å². The van der Waals surface area contributed by atoms with Crippen molar-refractivity contribution < 1.29 is 62.3 Å². The van der Waals surface area contributed by atoms with Crippen molar-refractivity contribution >= 4 is 35.6 Å². The highest BCUT2D eigenvalue weighted by Crippen LogP contribution is 2.16. The van der Waals surface area contributed by atoms with Crippen molar-refractivity contribution in [2.45, 2.75) is 174 Å². The molecular weight excluding hydrogens is 766 g/mol. The van der Waals surface area contributed by atoms with Crippen molar-refractivity contribution in [3.05, 3.63) is 0 Å². The summed E-state index contributed by atoms with van der Waals surface area (Å²) in [6.45, 7) is 12.2. The number of aliphatic carboxylic acids is 1. The number of amides is 3. The number of carboxylic acid groups (broad SMARTS) is 1. The lowest BCUT2D eigenvalue weighted by atomic mass is 10.0. The third-order valence-electron chi connectivity index (χ3n) is 8.48. The molecule has 344 valence electrons. The highest BCUT2D eigenvalue weighted by molar-refractivity contribution is 5.85. The van der Waals surface area contributed by atoms with E-state index in [0.717, 1.165) is 38.5 Å². The summed E-state index contributed by atoms with van der Waals surface area (Å²) in [7, 11) is 0. The van der Waals surface area contributed by atoms with Crippen molar-refractivity contribution in [3.8, 4) is 0 Å². The minimum Gasteiger partial charge on any atom is -0.480 e. The summed E-state index contributed by atoms with van der Waals surface area (Å²) >= 11 is 0. The highest BCUT2D eigenvalue weighted by atomic mass is 16.6. The van der Waals surface area contributed by atoms with Crippen LogP contribution in [0.4, 0.5) is 0 Å². The Morgan fingerprint density at radius 2 is 0.898 bits per heavy atom. The summed E-state index contributed by atoms with van der Waals surface area (Å²) in [5.41, 5.74) is -1.15. The molecule has 0 spiro atoms. The molecule has 0 saturated carbocycles. The first-order chi connectivity index (χ1) is 28.0. The van der Waals surface area contributed by atoms with Crippen LogP contribution in [0.15, 0.2) is 0 Å². The van der Waals surface area contributed by atoms with Crippen LogP contribution in [0.1, 0.15) is 157 Å². The second kappa shape index (κ2) is 35.4. The first-order valence-corrected chi connectivity index (χ1v) is 21.8. The number of carbonyl (C=O) groups is 6. The van der Waals surface area contributed by atoms with Gasteiger partial charge in [-0.05, 0) is 60.8 Å². The van der Waals surface area contributed by atoms with Gasteiger partial charge in [0.05, 0.1) is 39.6 Å². The van der Waals surface area contributed by atoms with Gasteiger partial charge in [0, 0.05) is 32.4 Å². The van der Waals surface area contributed by atoms with E-state index in [1.807, 2.05) is 20.8 Å². The Bertz CT molecular complexity index is 1150. The number of nitrogens with one attached hydrogen (secondary N) is 3. The molecule has 0 aromatic carbocycles. The van der Waals surface area contributed by atoms with Crippen molar-refractivity contribution in [3.63, 3.8) is 0 Å². The normalized spacial score (nSPS) is 12.1. The number of hydrogen-bond donors (Lipinski definition) is 4. The molecule has 59 heavy (non-hydrogen) atoms. The van der Waals surface area contributed by atoms with Crippen LogP contribution < -0.4 is 16.0 Å². The molecule has 0 heterocycles. The SMILES string of the molecule is CC(C)(C)OC(=O)CCCCCCCCCCCCCCCCC(=O)N[C@H](CCC(=O)NCCOCCOCC(=O)NCCOCCOCC(=O)O)C(=O)OC(C)(C)C. The maximum Gasteiger partial charge on any atom is 0.329 e. The van der Waals surface area contributed by atoms with Gasteiger partial charge in [-0.2, -0.15) is 0 Å². The van der Waals surface area contributed by atoms with E-state index in [-0.39, 0.29) is 102 Å². The second-order valence-electron chi connectivity index (χ2n) is 16.7. The third kappa shape index (κ3) is 41.2. The number of ether oxygens (including phenoxy) is 6. The molecule has 0 saturated heterocycles. The number of carbonyl (C=O) groups excluding carboxylic acids is 5.